The van der Waals surface area contributed by atoms with Gasteiger partial charge in [0.25, 0.3) is 0 Å². The van der Waals surface area contributed by atoms with Gasteiger partial charge < -0.3 is 10.0 Å². The van der Waals surface area contributed by atoms with Gasteiger partial charge in [-0.15, -0.1) is 0 Å². The predicted octanol–water partition coefficient (Wildman–Crippen LogP) is 2.74. The summed E-state index contributed by atoms with van der Waals surface area (Å²) in [6.45, 7) is 0.842. The Labute approximate surface area is 126 Å². The van der Waals surface area contributed by atoms with Gasteiger partial charge >= 0.3 is 0 Å². The smallest absolute Gasteiger partial charge is 0.0699 e. The fourth-order valence-electron chi connectivity index (χ4n) is 4.54. The first-order valence-corrected chi connectivity index (χ1v) is 7.66. The van der Waals surface area contributed by atoms with E-state index >= 15 is 0 Å². The quantitative estimate of drug-likeness (QED) is 0.913. The van der Waals surface area contributed by atoms with E-state index in [0.29, 0.717) is 5.92 Å². The van der Waals surface area contributed by atoms with Crippen molar-refractivity contribution >= 4 is 0 Å². The molecule has 1 N–H and O–H groups in total. The van der Waals surface area contributed by atoms with Crippen molar-refractivity contribution in [3.8, 4) is 0 Å². The van der Waals surface area contributed by atoms with Crippen LogP contribution in [0.3, 0.4) is 0 Å². The van der Waals surface area contributed by atoms with Gasteiger partial charge in [-0.1, -0.05) is 48.5 Å². The van der Waals surface area contributed by atoms with E-state index in [1.54, 1.807) is 0 Å². The molecule has 0 spiro atoms. The second kappa shape index (κ2) is 4.43. The molecule has 3 aliphatic carbocycles. The van der Waals surface area contributed by atoms with Gasteiger partial charge in [-0.3, -0.25) is 0 Å². The number of rotatable bonds is 2. The topological polar surface area (TPSA) is 23.5 Å². The number of aliphatic hydroxyl groups is 1. The van der Waals surface area contributed by atoms with Crippen molar-refractivity contribution in [3.05, 3.63) is 70.8 Å². The highest BCUT2D eigenvalue weighted by atomic mass is 16.3. The molecule has 2 aromatic carbocycles. The molecule has 2 heteroatoms. The summed E-state index contributed by atoms with van der Waals surface area (Å²) in [6, 6.07) is 17.4. The number of aliphatic hydroxyl groups excluding tert-OH is 1. The van der Waals surface area contributed by atoms with Crippen molar-refractivity contribution in [2.24, 2.45) is 0 Å². The van der Waals surface area contributed by atoms with Gasteiger partial charge in [-0.25, -0.2) is 0 Å². The largest absolute Gasteiger partial charge is 0.392 e. The highest BCUT2D eigenvalue weighted by molar-refractivity contribution is 5.60. The van der Waals surface area contributed by atoms with Crippen LogP contribution in [0.15, 0.2) is 48.5 Å². The van der Waals surface area contributed by atoms with Crippen LogP contribution in [-0.2, 0) is 5.41 Å². The molecule has 0 amide bonds. The van der Waals surface area contributed by atoms with E-state index in [1.807, 2.05) is 0 Å². The van der Waals surface area contributed by atoms with Crippen LogP contribution in [0, 0.1) is 0 Å². The highest BCUT2D eigenvalue weighted by Gasteiger charge is 2.53. The normalized spacial score (nSPS) is 29.3. The minimum absolute atomic E-state index is 0.286. The van der Waals surface area contributed by atoms with E-state index in [4.69, 9.17) is 0 Å². The first-order valence-electron chi connectivity index (χ1n) is 7.66. The molecule has 0 fully saturated rings. The van der Waals surface area contributed by atoms with E-state index in [-0.39, 0.29) is 11.5 Å². The SMILES string of the molecule is CN(C)CC12c3ccccc3C(CC1O)c1ccccc12. The van der Waals surface area contributed by atoms with Crippen LogP contribution in [0.4, 0.5) is 0 Å². The Morgan fingerprint density at radius 3 is 2.05 bits per heavy atom. The fraction of sp³-hybridized carbons (Fsp3) is 0.368. The summed E-state index contributed by atoms with van der Waals surface area (Å²) in [7, 11) is 4.18. The van der Waals surface area contributed by atoms with E-state index in [1.165, 1.54) is 22.3 Å². The molecule has 5 rings (SSSR count). The number of fused-ring (bicyclic) bond motifs is 1. The molecule has 0 saturated heterocycles. The lowest BCUT2D eigenvalue weighted by molar-refractivity contribution is 0.0533. The van der Waals surface area contributed by atoms with Crippen LogP contribution in [0.25, 0.3) is 0 Å². The first-order chi connectivity index (χ1) is 10.1. The Hall–Kier alpha value is -1.64. The second-order valence-electron chi connectivity index (χ2n) is 6.69. The molecule has 0 heterocycles. The molecule has 0 radical (unpaired) electrons. The van der Waals surface area contributed by atoms with E-state index < -0.39 is 0 Å². The molecule has 3 aliphatic rings. The van der Waals surface area contributed by atoms with Gasteiger partial charge in [0.1, 0.15) is 0 Å². The van der Waals surface area contributed by atoms with Gasteiger partial charge in [0.15, 0.2) is 0 Å². The molecule has 2 nitrogen and oxygen atoms in total. The molecule has 1 atom stereocenters. The van der Waals surface area contributed by atoms with Crippen LogP contribution in [0.5, 0.6) is 0 Å². The van der Waals surface area contributed by atoms with Gasteiger partial charge in [0.2, 0.25) is 0 Å². The van der Waals surface area contributed by atoms with E-state index in [0.717, 1.165) is 13.0 Å². The van der Waals surface area contributed by atoms with Gasteiger partial charge in [-0.2, -0.15) is 0 Å². The number of benzene rings is 2. The van der Waals surface area contributed by atoms with Crippen molar-refractivity contribution in [2.75, 3.05) is 20.6 Å². The second-order valence-corrected chi connectivity index (χ2v) is 6.69. The molecule has 2 aromatic rings. The summed E-state index contributed by atoms with van der Waals surface area (Å²) in [6.07, 6.45) is 0.525. The van der Waals surface area contributed by atoms with Crippen LogP contribution in [-0.4, -0.2) is 36.8 Å². The fourth-order valence-corrected chi connectivity index (χ4v) is 4.54. The van der Waals surface area contributed by atoms with Crippen molar-refractivity contribution in [1.82, 2.24) is 4.90 Å². The van der Waals surface area contributed by atoms with Gasteiger partial charge in [0, 0.05) is 12.5 Å². The first kappa shape index (κ1) is 13.1. The third-order valence-electron chi connectivity index (χ3n) is 5.23. The van der Waals surface area contributed by atoms with E-state index in [2.05, 4.69) is 67.5 Å². The summed E-state index contributed by atoms with van der Waals surface area (Å²) in [5.41, 5.74) is 5.17. The van der Waals surface area contributed by atoms with Crippen molar-refractivity contribution in [1.29, 1.82) is 0 Å². The molecular weight excluding hydrogens is 258 g/mol. The molecule has 0 aromatic heterocycles. The highest BCUT2D eigenvalue weighted by Crippen LogP contribution is 2.56. The Bertz CT molecular complexity index is 644. The lowest BCUT2D eigenvalue weighted by Gasteiger charge is -2.53. The number of likely N-dealkylation sites (N-methyl/N-ethyl adjacent to an activating group) is 1. The lowest BCUT2D eigenvalue weighted by atomic mass is 9.53. The molecule has 2 bridgehead atoms. The average molecular weight is 279 g/mol. The molecule has 1 unspecified atom stereocenters. The summed E-state index contributed by atoms with van der Waals surface area (Å²) in [5.74, 6) is 0.344. The lowest BCUT2D eigenvalue weighted by Crippen LogP contribution is -2.55. The third-order valence-corrected chi connectivity index (χ3v) is 5.23. The molecule has 0 saturated carbocycles. The average Bonchev–Trinajstić information content (AvgIpc) is 2.49. The zero-order valence-electron chi connectivity index (χ0n) is 12.6. The Morgan fingerprint density at radius 2 is 1.52 bits per heavy atom. The Balaban J connectivity index is 2.05. The van der Waals surface area contributed by atoms with Crippen molar-refractivity contribution in [3.63, 3.8) is 0 Å². The summed E-state index contributed by atoms with van der Waals surface area (Å²) < 4.78 is 0. The minimum Gasteiger partial charge on any atom is -0.392 e. The van der Waals surface area contributed by atoms with Crippen LogP contribution in [0.2, 0.25) is 0 Å². The minimum atomic E-state index is -0.310. The standard InChI is InChI=1S/C19H21NO/c1-20(2)12-19-16-9-5-3-7-13(16)15(11-18(19)21)14-8-4-6-10-17(14)19/h3-10,15,18,21H,11-12H2,1-2H3. The molecule has 0 aliphatic heterocycles. The summed E-state index contributed by atoms with van der Waals surface area (Å²) in [4.78, 5) is 2.20. The number of hydrogen-bond donors (Lipinski definition) is 1. The summed E-state index contributed by atoms with van der Waals surface area (Å²) in [5, 5.41) is 11.0. The molecular formula is C19H21NO. The Kier molecular flexibility index (Phi) is 2.75. The predicted molar refractivity (Wildman–Crippen MR) is 84.7 cm³/mol. The van der Waals surface area contributed by atoms with Crippen LogP contribution >= 0.6 is 0 Å². The zero-order valence-corrected chi connectivity index (χ0v) is 12.6. The van der Waals surface area contributed by atoms with Crippen LogP contribution in [0.1, 0.15) is 34.6 Å². The monoisotopic (exact) mass is 279 g/mol. The van der Waals surface area contributed by atoms with Gasteiger partial charge in [-0.05, 0) is 42.8 Å². The maximum absolute atomic E-state index is 11.0. The van der Waals surface area contributed by atoms with E-state index in [9.17, 15) is 5.11 Å². The molecule has 108 valence electrons. The maximum atomic E-state index is 11.0. The maximum Gasteiger partial charge on any atom is 0.0699 e. The van der Waals surface area contributed by atoms with Crippen LogP contribution < -0.4 is 0 Å². The molecule has 21 heavy (non-hydrogen) atoms. The van der Waals surface area contributed by atoms with Gasteiger partial charge in [0.05, 0.1) is 11.5 Å². The zero-order chi connectivity index (χ0) is 14.6. The number of nitrogens with zero attached hydrogens (tertiary/aromatic N) is 1. The third kappa shape index (κ3) is 1.60. The number of hydrogen-bond acceptors (Lipinski definition) is 2. The Morgan fingerprint density at radius 1 is 1.00 bits per heavy atom. The van der Waals surface area contributed by atoms with Crippen molar-refractivity contribution < 1.29 is 5.11 Å². The summed E-state index contributed by atoms with van der Waals surface area (Å²) >= 11 is 0. The van der Waals surface area contributed by atoms with Crippen molar-refractivity contribution in [2.45, 2.75) is 23.9 Å².